The van der Waals surface area contributed by atoms with Crippen LogP contribution in [0.5, 0.6) is 0 Å². The highest BCUT2D eigenvalue weighted by Crippen LogP contribution is 2.35. The van der Waals surface area contributed by atoms with E-state index in [2.05, 4.69) is 35.7 Å². The van der Waals surface area contributed by atoms with Crippen LogP contribution in [0.2, 0.25) is 0 Å². The average Bonchev–Trinajstić information content (AvgIpc) is 3.59. The fourth-order valence-corrected chi connectivity index (χ4v) is 6.26. The summed E-state index contributed by atoms with van der Waals surface area (Å²) < 4.78 is 7.60. The molecule has 0 atom stereocenters. The number of carbonyl (C=O) groups is 2. The molecule has 3 fully saturated rings. The van der Waals surface area contributed by atoms with Gasteiger partial charge in [-0.3, -0.25) is 9.69 Å². The number of ether oxygens (including phenoxy) is 1. The number of likely N-dealkylation sites (tertiary alicyclic amines) is 1. The molecule has 3 aliphatic rings. The first-order valence-electron chi connectivity index (χ1n) is 15.4. The molecule has 5 heterocycles. The quantitative estimate of drug-likeness (QED) is 0.454. The number of nitrogens with zero attached hydrogens (tertiary/aromatic N) is 8. The van der Waals surface area contributed by atoms with E-state index in [1.54, 1.807) is 30.1 Å². The van der Waals surface area contributed by atoms with Gasteiger partial charge < -0.3 is 29.3 Å². The molecule has 43 heavy (non-hydrogen) atoms. The zero-order valence-electron chi connectivity index (χ0n) is 25.9. The zero-order chi connectivity index (χ0) is 30.3. The fraction of sp³-hybridized carbons (Fsp3) is 0.581. The zero-order valence-corrected chi connectivity index (χ0v) is 25.9. The van der Waals surface area contributed by atoms with Gasteiger partial charge in [-0.25, -0.2) is 14.8 Å². The van der Waals surface area contributed by atoms with Crippen molar-refractivity contribution in [3.8, 4) is 0 Å². The van der Waals surface area contributed by atoms with Crippen LogP contribution in [0.4, 0.5) is 22.2 Å². The number of hydrogen-bond acceptors (Lipinski definition) is 9. The van der Waals surface area contributed by atoms with Gasteiger partial charge in [-0.2, -0.15) is 4.98 Å². The molecule has 12 nitrogen and oxygen atoms in total. The predicted molar refractivity (Wildman–Crippen MR) is 166 cm³/mol. The molecule has 6 rings (SSSR count). The summed E-state index contributed by atoms with van der Waals surface area (Å²) in [6, 6.07) is 6.60. The van der Waals surface area contributed by atoms with Crippen LogP contribution in [-0.4, -0.2) is 111 Å². The van der Waals surface area contributed by atoms with Crippen LogP contribution >= 0.6 is 0 Å². The maximum Gasteiger partial charge on any atom is 0.410 e. The summed E-state index contributed by atoms with van der Waals surface area (Å²) in [4.78, 5) is 47.5. The number of carbonyl (C=O) groups excluding carboxylic acids is 2. The number of anilines is 3. The number of piperazine rings is 1. The molecule has 3 aromatic rings. The molecule has 0 radical (unpaired) electrons. The third-order valence-corrected chi connectivity index (χ3v) is 8.59. The lowest BCUT2D eigenvalue weighted by Crippen LogP contribution is -2.64. The van der Waals surface area contributed by atoms with Gasteiger partial charge >= 0.3 is 6.09 Å². The number of pyridine rings is 1. The fourth-order valence-electron chi connectivity index (χ4n) is 6.26. The summed E-state index contributed by atoms with van der Waals surface area (Å²) in [5, 5.41) is 4.12. The maximum absolute atomic E-state index is 13.0. The van der Waals surface area contributed by atoms with Crippen LogP contribution in [0, 0.1) is 0 Å². The van der Waals surface area contributed by atoms with E-state index >= 15 is 0 Å². The van der Waals surface area contributed by atoms with Crippen molar-refractivity contribution in [1.82, 2.24) is 34.2 Å². The van der Waals surface area contributed by atoms with Gasteiger partial charge in [-0.15, -0.1) is 0 Å². The monoisotopic (exact) mass is 589 g/mol. The van der Waals surface area contributed by atoms with Crippen molar-refractivity contribution in [3.63, 3.8) is 0 Å². The largest absolute Gasteiger partial charge is 0.444 e. The van der Waals surface area contributed by atoms with Gasteiger partial charge in [0.2, 0.25) is 5.95 Å². The molecule has 1 saturated carbocycles. The van der Waals surface area contributed by atoms with Crippen LogP contribution in [-0.2, 0) is 4.74 Å². The summed E-state index contributed by atoms with van der Waals surface area (Å²) in [7, 11) is 3.56. The minimum atomic E-state index is -0.466. The number of nitrogens with one attached hydrogen (secondary N) is 1. The van der Waals surface area contributed by atoms with Crippen molar-refractivity contribution in [1.29, 1.82) is 0 Å². The second-order valence-electron chi connectivity index (χ2n) is 13.1. The Morgan fingerprint density at radius 1 is 0.977 bits per heavy atom. The minimum Gasteiger partial charge on any atom is -0.444 e. The van der Waals surface area contributed by atoms with Crippen molar-refractivity contribution in [3.05, 3.63) is 36.3 Å². The highest BCUT2D eigenvalue weighted by molar-refractivity contribution is 5.97. The van der Waals surface area contributed by atoms with Crippen molar-refractivity contribution < 1.29 is 14.3 Å². The van der Waals surface area contributed by atoms with Crippen LogP contribution in [0.25, 0.3) is 11.0 Å². The Morgan fingerprint density at radius 3 is 2.33 bits per heavy atom. The third kappa shape index (κ3) is 6.24. The van der Waals surface area contributed by atoms with Crippen molar-refractivity contribution in [2.24, 2.45) is 0 Å². The summed E-state index contributed by atoms with van der Waals surface area (Å²) in [6.45, 7) is 10.8. The Labute approximate surface area is 253 Å². The molecule has 0 aromatic carbocycles. The molecule has 3 aromatic heterocycles. The summed E-state index contributed by atoms with van der Waals surface area (Å²) >= 11 is 0. The van der Waals surface area contributed by atoms with Gasteiger partial charge in [0, 0.05) is 77.0 Å². The highest BCUT2D eigenvalue weighted by atomic mass is 16.6. The summed E-state index contributed by atoms with van der Waals surface area (Å²) in [6.07, 6.45) is 7.87. The second kappa shape index (κ2) is 11.6. The molecule has 230 valence electrons. The Kier molecular flexibility index (Phi) is 7.89. The molecule has 0 spiro atoms. The van der Waals surface area contributed by atoms with Crippen LogP contribution in [0.3, 0.4) is 0 Å². The second-order valence-corrected chi connectivity index (χ2v) is 13.1. The van der Waals surface area contributed by atoms with E-state index in [0.717, 1.165) is 81.7 Å². The third-order valence-electron chi connectivity index (χ3n) is 8.59. The number of hydrogen-bond donors (Lipinski definition) is 1. The predicted octanol–water partition coefficient (Wildman–Crippen LogP) is 4.13. The van der Waals surface area contributed by atoms with E-state index in [4.69, 9.17) is 9.72 Å². The Bertz CT molecular complexity index is 1460. The first-order valence-corrected chi connectivity index (χ1v) is 15.4. The molecular formula is C31H43N9O3. The van der Waals surface area contributed by atoms with Gasteiger partial charge in [-0.1, -0.05) is 12.8 Å². The van der Waals surface area contributed by atoms with E-state index in [9.17, 15) is 9.59 Å². The van der Waals surface area contributed by atoms with Crippen LogP contribution < -0.4 is 10.2 Å². The Morgan fingerprint density at radius 2 is 1.70 bits per heavy atom. The van der Waals surface area contributed by atoms with Crippen LogP contribution in [0.1, 0.15) is 63.0 Å². The molecule has 1 aliphatic carbocycles. The van der Waals surface area contributed by atoms with Crippen molar-refractivity contribution in [2.75, 3.05) is 63.6 Å². The lowest BCUT2D eigenvalue weighted by atomic mass is 10.1. The van der Waals surface area contributed by atoms with Gasteiger partial charge in [0.25, 0.3) is 5.91 Å². The average molecular weight is 590 g/mol. The van der Waals surface area contributed by atoms with Crippen molar-refractivity contribution >= 4 is 40.5 Å². The van der Waals surface area contributed by atoms with Crippen molar-refractivity contribution in [2.45, 2.75) is 64.1 Å². The van der Waals surface area contributed by atoms with E-state index in [1.807, 2.05) is 39.1 Å². The first-order chi connectivity index (χ1) is 20.6. The van der Waals surface area contributed by atoms with Gasteiger partial charge in [-0.05, 0) is 51.8 Å². The van der Waals surface area contributed by atoms with Gasteiger partial charge in [0.1, 0.15) is 22.8 Å². The van der Waals surface area contributed by atoms with E-state index < -0.39 is 5.60 Å². The number of rotatable bonds is 6. The minimum absolute atomic E-state index is 0.0204. The number of amides is 2. The number of aromatic nitrogens is 4. The standard InChI is InChI=1S/C31H43N9O3/c1-31(2,3)43-30(42)39-19-24(20-39)38-14-12-37(13-15-38)23-10-11-26(32-18-23)34-29-33-17-21-16-25(28(41)36(4)5)40(27(21)35-29)22-8-6-7-9-22/h10-11,16-18,22,24H,6-9,12-15,19-20H2,1-5H3,(H,32,33,34,35). The molecule has 12 heteroatoms. The smallest absolute Gasteiger partial charge is 0.410 e. The SMILES string of the molecule is CN(C)C(=O)c1cc2cnc(Nc3ccc(N4CCN(C5CN(C(=O)OC(C)(C)C)C5)CC4)cn3)nc2n1C1CCCC1. The Hall–Kier alpha value is -3.93. The van der Waals surface area contributed by atoms with E-state index in [-0.39, 0.29) is 18.0 Å². The first kappa shape index (κ1) is 29.2. The normalized spacial score (nSPS) is 18.6. The molecule has 2 saturated heterocycles. The van der Waals surface area contributed by atoms with Gasteiger partial charge in [0.15, 0.2) is 0 Å². The molecule has 0 unspecified atom stereocenters. The summed E-state index contributed by atoms with van der Waals surface area (Å²) in [5.41, 5.74) is 2.06. The Balaban J connectivity index is 1.07. The molecule has 1 N–H and O–H groups in total. The highest BCUT2D eigenvalue weighted by Gasteiger charge is 2.38. The molecule has 2 aliphatic heterocycles. The van der Waals surface area contributed by atoms with E-state index in [1.165, 1.54) is 0 Å². The lowest BCUT2D eigenvalue weighted by molar-refractivity contribution is -0.0162. The van der Waals surface area contributed by atoms with Crippen LogP contribution in [0.15, 0.2) is 30.6 Å². The maximum atomic E-state index is 13.0. The number of fused-ring (bicyclic) bond motifs is 1. The molecule has 2 amide bonds. The molecular weight excluding hydrogens is 546 g/mol. The molecule has 0 bridgehead atoms. The topological polar surface area (TPSA) is 112 Å². The van der Waals surface area contributed by atoms with E-state index in [0.29, 0.717) is 23.5 Å². The summed E-state index contributed by atoms with van der Waals surface area (Å²) in [5.74, 6) is 1.11. The van der Waals surface area contributed by atoms with Gasteiger partial charge in [0.05, 0.1) is 11.9 Å². The lowest BCUT2D eigenvalue weighted by Gasteiger charge is -2.48.